The van der Waals surface area contributed by atoms with Gasteiger partial charge in [-0.3, -0.25) is 0 Å². The molecule has 0 saturated carbocycles. The van der Waals surface area contributed by atoms with Crippen LogP contribution in [0.15, 0.2) is 34.1 Å². The number of hydrogen-bond donors (Lipinski definition) is 2. The van der Waals surface area contributed by atoms with Gasteiger partial charge in [0.05, 0.1) is 16.3 Å². The summed E-state index contributed by atoms with van der Waals surface area (Å²) in [6.45, 7) is 2.81. The summed E-state index contributed by atoms with van der Waals surface area (Å²) >= 11 is 5.83. The Kier molecular flexibility index (Phi) is 5.89. The molecule has 0 atom stereocenters. The van der Waals surface area contributed by atoms with Gasteiger partial charge in [0.15, 0.2) is 15.7 Å². The predicted molar refractivity (Wildman–Crippen MR) is 96.3 cm³/mol. The number of nitrogens with one attached hydrogen (secondary N) is 1. The Morgan fingerprint density at radius 1 is 1.18 bits per heavy atom. The van der Waals surface area contributed by atoms with E-state index in [4.69, 9.17) is 11.6 Å². The third-order valence-corrected chi connectivity index (χ3v) is 7.23. The summed E-state index contributed by atoms with van der Waals surface area (Å²) in [5.74, 6) is -1.29. The maximum atomic E-state index is 12.8. The third kappa shape index (κ3) is 4.18. The molecule has 0 spiro atoms. The topological polar surface area (TPSA) is 113 Å². The standard InChI is InChI=1S/C15H14ClF3N2O5S2/c1-3-27(23,24)13-8(2)6-12(16)21-14(13)20-10-7-9(4-5-11(10)22)28(25,26)15(17,18)19/h4-7,22H,3H2,1-2H3,(H,20,21). The second kappa shape index (κ2) is 7.41. The minimum atomic E-state index is -5.68. The fraction of sp³-hybridized carbons (Fsp3) is 0.267. The fourth-order valence-corrected chi connectivity index (χ4v) is 4.55. The third-order valence-electron chi connectivity index (χ3n) is 3.65. The molecule has 7 nitrogen and oxygen atoms in total. The predicted octanol–water partition coefficient (Wildman–Crippen LogP) is 3.58. The van der Waals surface area contributed by atoms with E-state index in [2.05, 4.69) is 10.3 Å². The smallest absolute Gasteiger partial charge is 0.501 e. The van der Waals surface area contributed by atoms with Gasteiger partial charge in [0.25, 0.3) is 9.84 Å². The molecule has 0 bridgehead atoms. The fourth-order valence-electron chi connectivity index (χ4n) is 2.29. The number of sulfone groups is 2. The van der Waals surface area contributed by atoms with Crippen molar-refractivity contribution in [1.29, 1.82) is 0 Å². The van der Waals surface area contributed by atoms with Crippen molar-refractivity contribution < 1.29 is 35.1 Å². The van der Waals surface area contributed by atoms with Gasteiger partial charge in [0, 0.05) is 0 Å². The average Bonchev–Trinajstić information content (AvgIpc) is 2.54. The Balaban J connectivity index is 2.67. The van der Waals surface area contributed by atoms with Crippen LogP contribution in [0, 0.1) is 6.92 Å². The van der Waals surface area contributed by atoms with Gasteiger partial charge in [0.1, 0.15) is 15.8 Å². The van der Waals surface area contributed by atoms with Gasteiger partial charge >= 0.3 is 5.51 Å². The van der Waals surface area contributed by atoms with Crippen LogP contribution in [0.3, 0.4) is 0 Å². The lowest BCUT2D eigenvalue weighted by molar-refractivity contribution is -0.0436. The number of aromatic hydroxyl groups is 1. The Bertz CT molecular complexity index is 1130. The maximum absolute atomic E-state index is 12.8. The van der Waals surface area contributed by atoms with E-state index >= 15 is 0 Å². The highest BCUT2D eigenvalue weighted by atomic mass is 35.5. The Morgan fingerprint density at radius 2 is 1.79 bits per heavy atom. The minimum absolute atomic E-state index is 0.117. The van der Waals surface area contributed by atoms with Crippen LogP contribution in [0.5, 0.6) is 5.75 Å². The van der Waals surface area contributed by atoms with Crippen molar-refractivity contribution in [2.45, 2.75) is 29.1 Å². The first-order valence-electron chi connectivity index (χ1n) is 7.52. The molecule has 0 radical (unpaired) electrons. The van der Waals surface area contributed by atoms with E-state index < -0.39 is 41.5 Å². The van der Waals surface area contributed by atoms with Gasteiger partial charge in [-0.25, -0.2) is 21.8 Å². The normalized spacial score (nSPS) is 12.8. The first-order valence-corrected chi connectivity index (χ1v) is 11.0. The molecule has 0 aliphatic carbocycles. The molecule has 0 aliphatic rings. The van der Waals surface area contributed by atoms with Gasteiger partial charge in [-0.2, -0.15) is 13.2 Å². The number of nitrogens with zero attached hydrogens (tertiary/aromatic N) is 1. The summed E-state index contributed by atoms with van der Waals surface area (Å²) in [6.07, 6.45) is 0. The molecule has 0 aliphatic heterocycles. The van der Waals surface area contributed by atoms with Crippen LogP contribution in [-0.4, -0.2) is 38.2 Å². The molecule has 2 N–H and O–H groups in total. The number of phenols is 1. The van der Waals surface area contributed by atoms with Crippen molar-refractivity contribution >= 4 is 42.8 Å². The van der Waals surface area contributed by atoms with Crippen molar-refractivity contribution in [2.24, 2.45) is 0 Å². The van der Waals surface area contributed by atoms with Gasteiger partial charge in [0.2, 0.25) is 0 Å². The van der Waals surface area contributed by atoms with Crippen LogP contribution in [0.4, 0.5) is 24.7 Å². The molecule has 1 aromatic carbocycles. The molecule has 28 heavy (non-hydrogen) atoms. The number of pyridine rings is 1. The summed E-state index contributed by atoms with van der Waals surface area (Å²) in [6, 6.07) is 3.11. The molecule has 2 aromatic rings. The van der Waals surface area contributed by atoms with E-state index in [9.17, 15) is 35.1 Å². The number of phenolic OH excluding ortho intramolecular Hbond substituents is 1. The Hall–Kier alpha value is -2.05. The first-order chi connectivity index (χ1) is 12.7. The monoisotopic (exact) mass is 458 g/mol. The van der Waals surface area contributed by atoms with Crippen molar-refractivity contribution in [1.82, 2.24) is 4.98 Å². The summed E-state index contributed by atoms with van der Waals surface area (Å²) < 4.78 is 86.2. The number of benzene rings is 1. The number of aryl methyl sites for hydroxylation is 1. The summed E-state index contributed by atoms with van der Waals surface area (Å²) in [7, 11) is -9.52. The Labute approximate surface area is 164 Å². The van der Waals surface area contributed by atoms with Gasteiger partial charge in [-0.1, -0.05) is 18.5 Å². The quantitative estimate of drug-likeness (QED) is 0.520. The van der Waals surface area contributed by atoms with Crippen LogP contribution in [-0.2, 0) is 19.7 Å². The second-order valence-electron chi connectivity index (χ2n) is 5.60. The summed E-state index contributed by atoms with van der Waals surface area (Å²) in [5, 5.41) is 12.2. The molecule has 0 fully saturated rings. The van der Waals surface area contributed by atoms with Crippen LogP contribution < -0.4 is 5.32 Å². The molecule has 154 valence electrons. The van der Waals surface area contributed by atoms with E-state index in [0.29, 0.717) is 12.1 Å². The van der Waals surface area contributed by atoms with Gasteiger partial charge in [-0.05, 0) is 36.8 Å². The lowest BCUT2D eigenvalue weighted by atomic mass is 10.2. The van der Waals surface area contributed by atoms with E-state index in [0.717, 1.165) is 6.07 Å². The zero-order valence-corrected chi connectivity index (χ0v) is 16.8. The zero-order chi connectivity index (χ0) is 21.5. The molecule has 0 saturated heterocycles. The highest BCUT2D eigenvalue weighted by Crippen LogP contribution is 2.37. The largest absolute Gasteiger partial charge is 0.506 e. The van der Waals surface area contributed by atoms with Crippen LogP contribution in [0.25, 0.3) is 0 Å². The molecule has 13 heteroatoms. The van der Waals surface area contributed by atoms with Crippen LogP contribution >= 0.6 is 11.6 Å². The number of alkyl halides is 3. The second-order valence-corrected chi connectivity index (χ2v) is 10.1. The number of anilines is 2. The van der Waals surface area contributed by atoms with Crippen molar-refractivity contribution in [2.75, 3.05) is 11.1 Å². The van der Waals surface area contributed by atoms with Gasteiger partial charge in [-0.15, -0.1) is 0 Å². The highest BCUT2D eigenvalue weighted by Gasteiger charge is 2.47. The molecular formula is C15H14ClF3N2O5S2. The van der Waals surface area contributed by atoms with Crippen molar-refractivity contribution in [3.63, 3.8) is 0 Å². The average molecular weight is 459 g/mol. The number of hydrogen-bond acceptors (Lipinski definition) is 7. The molecule has 2 rings (SSSR count). The number of rotatable bonds is 5. The van der Waals surface area contributed by atoms with Gasteiger partial charge < -0.3 is 10.4 Å². The Morgan fingerprint density at radius 3 is 2.32 bits per heavy atom. The van der Waals surface area contributed by atoms with E-state index in [1.807, 2.05) is 0 Å². The van der Waals surface area contributed by atoms with Crippen LogP contribution in [0.2, 0.25) is 5.15 Å². The maximum Gasteiger partial charge on any atom is 0.501 e. The van der Waals surface area contributed by atoms with E-state index in [-0.39, 0.29) is 27.2 Å². The van der Waals surface area contributed by atoms with Crippen molar-refractivity contribution in [3.05, 3.63) is 35.0 Å². The molecule has 1 aromatic heterocycles. The van der Waals surface area contributed by atoms with E-state index in [1.54, 1.807) is 0 Å². The highest BCUT2D eigenvalue weighted by molar-refractivity contribution is 7.92. The molecule has 0 unspecified atom stereocenters. The zero-order valence-electron chi connectivity index (χ0n) is 14.4. The van der Waals surface area contributed by atoms with Crippen molar-refractivity contribution in [3.8, 4) is 5.75 Å². The number of halogens is 4. The SMILES string of the molecule is CCS(=O)(=O)c1c(C)cc(Cl)nc1Nc1cc(S(=O)(=O)C(F)(F)F)ccc1O. The molecule has 0 amide bonds. The minimum Gasteiger partial charge on any atom is -0.506 e. The molecular weight excluding hydrogens is 445 g/mol. The lowest BCUT2D eigenvalue weighted by Crippen LogP contribution is -2.23. The lowest BCUT2D eigenvalue weighted by Gasteiger charge is -2.16. The molecule has 1 heterocycles. The van der Waals surface area contributed by atoms with Crippen LogP contribution in [0.1, 0.15) is 12.5 Å². The first kappa shape index (κ1) is 22.2. The number of aromatic nitrogens is 1. The summed E-state index contributed by atoms with van der Waals surface area (Å²) in [5.41, 5.74) is -5.84. The van der Waals surface area contributed by atoms with E-state index in [1.165, 1.54) is 19.9 Å². The summed E-state index contributed by atoms with van der Waals surface area (Å²) in [4.78, 5) is 2.40.